The maximum absolute atomic E-state index is 12.9. The first kappa shape index (κ1) is 19.4. The summed E-state index contributed by atoms with van der Waals surface area (Å²) >= 11 is 0. The number of anilines is 1. The molecule has 27 heavy (non-hydrogen) atoms. The van der Waals surface area contributed by atoms with Crippen molar-refractivity contribution in [2.24, 2.45) is 5.92 Å². The van der Waals surface area contributed by atoms with Crippen LogP contribution < -0.4 is 10.0 Å². The van der Waals surface area contributed by atoms with Crippen LogP contribution in [0.2, 0.25) is 0 Å². The average molecular weight is 390 g/mol. The fraction of sp³-hybridized carbons (Fsp3) is 0.350. The van der Waals surface area contributed by atoms with E-state index in [1.165, 1.54) is 48.5 Å². The Morgan fingerprint density at radius 1 is 0.963 bits per heavy atom. The molecular formula is C20H23FN2O3S. The quantitative estimate of drug-likeness (QED) is 0.812. The summed E-state index contributed by atoms with van der Waals surface area (Å²) in [7, 11) is -3.81. The molecule has 0 spiro atoms. The van der Waals surface area contributed by atoms with Crippen LogP contribution in [0.1, 0.15) is 43.0 Å². The van der Waals surface area contributed by atoms with Crippen LogP contribution in [0.25, 0.3) is 0 Å². The van der Waals surface area contributed by atoms with Crippen LogP contribution in [0.5, 0.6) is 0 Å². The van der Waals surface area contributed by atoms with Crippen LogP contribution in [-0.2, 0) is 10.0 Å². The first-order valence-electron chi connectivity index (χ1n) is 9.03. The summed E-state index contributed by atoms with van der Waals surface area (Å²) in [4.78, 5) is 12.4. The van der Waals surface area contributed by atoms with Crippen molar-refractivity contribution < 1.29 is 17.6 Å². The number of amides is 1. The molecule has 0 radical (unpaired) electrons. The lowest BCUT2D eigenvalue weighted by Gasteiger charge is -2.26. The van der Waals surface area contributed by atoms with Crippen molar-refractivity contribution in [3.8, 4) is 0 Å². The van der Waals surface area contributed by atoms with E-state index in [2.05, 4.69) is 17.0 Å². The first-order chi connectivity index (χ1) is 12.8. The third kappa shape index (κ3) is 5.07. The Kier molecular flexibility index (Phi) is 5.79. The Morgan fingerprint density at radius 3 is 2.15 bits per heavy atom. The molecule has 0 unspecified atom stereocenters. The largest absolute Gasteiger partial charge is 0.349 e. The van der Waals surface area contributed by atoms with Crippen molar-refractivity contribution in [2.75, 3.05) is 4.72 Å². The molecule has 5 nitrogen and oxygen atoms in total. The minimum absolute atomic E-state index is 0.0369. The molecule has 144 valence electrons. The minimum Gasteiger partial charge on any atom is -0.349 e. The van der Waals surface area contributed by atoms with Gasteiger partial charge in [-0.3, -0.25) is 9.52 Å². The van der Waals surface area contributed by atoms with Crippen LogP contribution in [0, 0.1) is 11.7 Å². The normalized spacial score (nSPS) is 20.1. The smallest absolute Gasteiger partial charge is 0.261 e. The predicted molar refractivity (Wildman–Crippen MR) is 103 cm³/mol. The Bertz CT molecular complexity index is 888. The van der Waals surface area contributed by atoms with Crippen molar-refractivity contribution in [1.82, 2.24) is 5.32 Å². The van der Waals surface area contributed by atoms with Crippen LogP contribution in [0.3, 0.4) is 0 Å². The molecule has 0 saturated heterocycles. The van der Waals surface area contributed by atoms with E-state index in [1.54, 1.807) is 0 Å². The topological polar surface area (TPSA) is 75.3 Å². The number of sulfonamides is 1. The maximum Gasteiger partial charge on any atom is 0.261 e. The van der Waals surface area contributed by atoms with Gasteiger partial charge < -0.3 is 5.32 Å². The molecular weight excluding hydrogens is 367 g/mol. The highest BCUT2D eigenvalue weighted by Crippen LogP contribution is 2.24. The Balaban J connectivity index is 1.65. The highest BCUT2D eigenvalue weighted by Gasteiger charge is 2.21. The van der Waals surface area contributed by atoms with E-state index in [-0.39, 0.29) is 22.5 Å². The van der Waals surface area contributed by atoms with E-state index >= 15 is 0 Å². The van der Waals surface area contributed by atoms with Gasteiger partial charge in [-0.25, -0.2) is 12.8 Å². The molecule has 1 fully saturated rings. The summed E-state index contributed by atoms with van der Waals surface area (Å²) in [6.07, 6.45) is 4.16. The molecule has 1 amide bonds. The third-order valence-electron chi connectivity index (χ3n) is 4.87. The number of nitrogens with one attached hydrogen (secondary N) is 2. The van der Waals surface area contributed by atoms with E-state index < -0.39 is 15.8 Å². The van der Waals surface area contributed by atoms with Gasteiger partial charge in [-0.15, -0.1) is 0 Å². The zero-order valence-corrected chi connectivity index (χ0v) is 15.9. The zero-order valence-electron chi connectivity index (χ0n) is 15.1. The molecule has 0 bridgehead atoms. The molecule has 0 aliphatic heterocycles. The van der Waals surface area contributed by atoms with E-state index in [0.717, 1.165) is 25.7 Å². The second kappa shape index (κ2) is 8.08. The van der Waals surface area contributed by atoms with Gasteiger partial charge in [0, 0.05) is 17.3 Å². The number of hydrogen-bond acceptors (Lipinski definition) is 3. The lowest BCUT2D eigenvalue weighted by atomic mass is 9.87. The highest BCUT2D eigenvalue weighted by atomic mass is 32.2. The summed E-state index contributed by atoms with van der Waals surface area (Å²) in [6.45, 7) is 2.22. The van der Waals surface area contributed by atoms with Gasteiger partial charge in [0.05, 0.1) is 4.90 Å². The second-order valence-corrected chi connectivity index (χ2v) is 8.75. The Labute approximate surface area is 159 Å². The predicted octanol–water partition coefficient (Wildman–Crippen LogP) is 3.94. The molecule has 1 aliphatic rings. The lowest BCUT2D eigenvalue weighted by Crippen LogP contribution is -2.37. The standard InChI is InChI=1S/C20H23FN2O3S/c1-14-2-8-17(9-3-14)22-20(24)15-4-12-19(13-5-15)27(25,26)23-18-10-6-16(21)7-11-18/h4-7,10-14,17,23H,2-3,8-9H2,1H3,(H,22,24). The molecule has 3 rings (SSSR count). The zero-order chi connectivity index (χ0) is 19.4. The van der Waals surface area contributed by atoms with Gasteiger partial charge in [-0.05, 0) is 80.1 Å². The van der Waals surface area contributed by atoms with Gasteiger partial charge in [0.25, 0.3) is 15.9 Å². The summed E-state index contributed by atoms with van der Waals surface area (Å²) in [5, 5.41) is 3.02. The molecule has 0 atom stereocenters. The fourth-order valence-electron chi connectivity index (χ4n) is 3.19. The van der Waals surface area contributed by atoms with Crippen molar-refractivity contribution in [3.05, 3.63) is 59.9 Å². The van der Waals surface area contributed by atoms with E-state index in [0.29, 0.717) is 11.5 Å². The van der Waals surface area contributed by atoms with Gasteiger partial charge in [0.15, 0.2) is 0 Å². The summed E-state index contributed by atoms with van der Waals surface area (Å²) < 4.78 is 40.1. The molecule has 0 aromatic heterocycles. The van der Waals surface area contributed by atoms with Crippen LogP contribution in [0.4, 0.5) is 10.1 Å². The number of benzene rings is 2. The van der Waals surface area contributed by atoms with Crippen LogP contribution >= 0.6 is 0 Å². The minimum atomic E-state index is -3.81. The van der Waals surface area contributed by atoms with E-state index in [4.69, 9.17) is 0 Å². The van der Waals surface area contributed by atoms with Gasteiger partial charge >= 0.3 is 0 Å². The van der Waals surface area contributed by atoms with Gasteiger partial charge in [-0.2, -0.15) is 0 Å². The van der Waals surface area contributed by atoms with Gasteiger partial charge in [0.2, 0.25) is 0 Å². The molecule has 1 aliphatic carbocycles. The number of halogens is 1. The third-order valence-corrected chi connectivity index (χ3v) is 6.27. The average Bonchev–Trinajstić information content (AvgIpc) is 2.65. The molecule has 0 heterocycles. The van der Waals surface area contributed by atoms with E-state index in [1.807, 2.05) is 0 Å². The summed E-state index contributed by atoms with van der Waals surface area (Å²) in [5.74, 6) is 0.0713. The van der Waals surface area contributed by atoms with Crippen LogP contribution in [0.15, 0.2) is 53.4 Å². The number of hydrogen-bond donors (Lipinski definition) is 2. The highest BCUT2D eigenvalue weighted by molar-refractivity contribution is 7.92. The van der Waals surface area contributed by atoms with Crippen LogP contribution in [-0.4, -0.2) is 20.4 Å². The molecule has 2 N–H and O–H groups in total. The molecule has 7 heteroatoms. The van der Waals surface area contributed by atoms with Gasteiger partial charge in [-0.1, -0.05) is 6.92 Å². The molecule has 2 aromatic rings. The van der Waals surface area contributed by atoms with Crippen molar-refractivity contribution in [1.29, 1.82) is 0 Å². The van der Waals surface area contributed by atoms with Crippen molar-refractivity contribution in [3.63, 3.8) is 0 Å². The monoisotopic (exact) mass is 390 g/mol. The SMILES string of the molecule is CC1CCC(NC(=O)c2ccc(S(=O)(=O)Nc3ccc(F)cc3)cc2)CC1. The Hall–Kier alpha value is -2.41. The summed E-state index contributed by atoms with van der Waals surface area (Å²) in [6, 6.07) is 11.0. The first-order valence-corrected chi connectivity index (χ1v) is 10.5. The molecule has 2 aromatic carbocycles. The number of carbonyl (C=O) groups is 1. The number of carbonyl (C=O) groups excluding carboxylic acids is 1. The van der Waals surface area contributed by atoms with E-state index in [9.17, 15) is 17.6 Å². The Morgan fingerprint density at radius 2 is 1.56 bits per heavy atom. The number of rotatable bonds is 5. The summed E-state index contributed by atoms with van der Waals surface area (Å²) in [5.41, 5.74) is 0.694. The van der Waals surface area contributed by atoms with Crippen molar-refractivity contribution in [2.45, 2.75) is 43.5 Å². The maximum atomic E-state index is 12.9. The molecule has 1 saturated carbocycles. The van der Waals surface area contributed by atoms with Gasteiger partial charge in [0.1, 0.15) is 5.82 Å². The lowest BCUT2D eigenvalue weighted by molar-refractivity contribution is 0.0923. The van der Waals surface area contributed by atoms with Crippen molar-refractivity contribution >= 4 is 21.6 Å². The second-order valence-electron chi connectivity index (χ2n) is 7.07. The fourth-order valence-corrected chi connectivity index (χ4v) is 4.25.